The number of hydrogen-bond donors (Lipinski definition) is 5. The molecule has 3 saturated heterocycles. The number of aliphatic hydroxyl groups is 1. The Morgan fingerprint density at radius 3 is 2.24 bits per heavy atom. The first-order chi connectivity index (χ1) is 23.9. The molecule has 3 aromatic carbocycles. The molecule has 0 aromatic heterocycles. The minimum absolute atomic E-state index is 0.0238. The predicted molar refractivity (Wildman–Crippen MR) is 181 cm³/mol. The summed E-state index contributed by atoms with van der Waals surface area (Å²) in [5.74, 6) is -0.587. The maximum atomic E-state index is 13.2. The minimum atomic E-state index is -0.604. The second-order valence-corrected chi connectivity index (χ2v) is 13.0. The molecule has 49 heavy (non-hydrogen) atoms. The van der Waals surface area contributed by atoms with Crippen molar-refractivity contribution in [3.05, 3.63) is 101 Å². The van der Waals surface area contributed by atoms with Gasteiger partial charge in [0.2, 0.25) is 17.7 Å². The number of piperidine rings is 1. The number of hydroxylamine groups is 1. The van der Waals surface area contributed by atoms with Crippen molar-refractivity contribution in [3.8, 4) is 0 Å². The van der Waals surface area contributed by atoms with E-state index in [4.69, 9.17) is 14.7 Å². The van der Waals surface area contributed by atoms with E-state index in [1.807, 2.05) is 66.7 Å². The van der Waals surface area contributed by atoms with E-state index < -0.39 is 17.7 Å². The fourth-order valence-electron chi connectivity index (χ4n) is 7.01. The van der Waals surface area contributed by atoms with Gasteiger partial charge in [-0.2, -0.15) is 0 Å². The van der Waals surface area contributed by atoms with Crippen molar-refractivity contribution < 1.29 is 34.2 Å². The summed E-state index contributed by atoms with van der Waals surface area (Å²) in [7, 11) is 0. The number of carbonyl (C=O) groups excluding carboxylic acids is 3. The zero-order valence-corrected chi connectivity index (χ0v) is 27.6. The Kier molecular flexibility index (Phi) is 11.2. The van der Waals surface area contributed by atoms with Crippen LogP contribution >= 0.6 is 0 Å². The summed E-state index contributed by atoms with van der Waals surface area (Å²) in [5, 5.41) is 24.1. The summed E-state index contributed by atoms with van der Waals surface area (Å²) in [5.41, 5.74) is 5.71. The van der Waals surface area contributed by atoms with Crippen molar-refractivity contribution in [1.29, 1.82) is 0 Å². The molecule has 3 amide bonds. The van der Waals surface area contributed by atoms with Crippen LogP contribution in [0.25, 0.3) is 0 Å². The van der Waals surface area contributed by atoms with Gasteiger partial charge in [0.15, 0.2) is 6.29 Å². The number of aliphatic hydroxyl groups excluding tert-OH is 1. The summed E-state index contributed by atoms with van der Waals surface area (Å²) >= 11 is 0. The van der Waals surface area contributed by atoms with Crippen molar-refractivity contribution in [3.63, 3.8) is 0 Å². The van der Waals surface area contributed by atoms with E-state index in [1.165, 1.54) is 0 Å². The van der Waals surface area contributed by atoms with E-state index in [2.05, 4.69) is 32.6 Å². The van der Waals surface area contributed by atoms with Crippen LogP contribution in [0, 0.1) is 0 Å². The Bertz CT molecular complexity index is 1560. The molecule has 3 unspecified atom stereocenters. The molecule has 12 nitrogen and oxygen atoms in total. The van der Waals surface area contributed by atoms with Crippen LogP contribution in [0.15, 0.2) is 78.9 Å². The Balaban J connectivity index is 1.10. The fourth-order valence-corrected chi connectivity index (χ4v) is 7.01. The Hall–Kier alpha value is -4.33. The lowest BCUT2D eigenvalue weighted by molar-refractivity contribution is -0.253. The fraction of sp³-hybridized carbons (Fsp3) is 0.432. The topological polar surface area (TPSA) is 153 Å². The molecular formula is C37H45N5O7. The van der Waals surface area contributed by atoms with Crippen LogP contribution in [-0.4, -0.2) is 70.9 Å². The molecular weight excluding hydrogens is 626 g/mol. The molecule has 3 atom stereocenters. The summed E-state index contributed by atoms with van der Waals surface area (Å²) in [6.45, 7) is 3.08. The van der Waals surface area contributed by atoms with Crippen LogP contribution in [0.3, 0.4) is 0 Å². The quantitative estimate of drug-likeness (QED) is 0.144. The molecule has 3 heterocycles. The number of para-hydroxylation sites is 1. The number of rotatable bonds is 12. The number of hydrogen-bond acceptors (Lipinski definition) is 9. The van der Waals surface area contributed by atoms with Crippen LogP contribution in [-0.2, 0) is 37.0 Å². The van der Waals surface area contributed by atoms with Gasteiger partial charge in [-0.3, -0.25) is 19.6 Å². The van der Waals surface area contributed by atoms with Gasteiger partial charge in [0.25, 0.3) is 0 Å². The van der Waals surface area contributed by atoms with Crippen molar-refractivity contribution in [2.45, 2.75) is 75.7 Å². The molecule has 12 heteroatoms. The van der Waals surface area contributed by atoms with Crippen LogP contribution in [0.2, 0.25) is 0 Å². The highest BCUT2D eigenvalue weighted by Crippen LogP contribution is 2.40. The van der Waals surface area contributed by atoms with Gasteiger partial charge in [-0.05, 0) is 48.1 Å². The molecule has 1 spiro atoms. The third-order valence-electron chi connectivity index (χ3n) is 9.84. The zero-order valence-electron chi connectivity index (χ0n) is 27.6. The van der Waals surface area contributed by atoms with E-state index in [9.17, 15) is 19.5 Å². The first-order valence-electron chi connectivity index (χ1n) is 17.0. The second-order valence-electron chi connectivity index (χ2n) is 13.0. The normalized spacial score (nSPS) is 22.1. The third-order valence-corrected chi connectivity index (χ3v) is 9.84. The molecule has 260 valence electrons. The van der Waals surface area contributed by atoms with Gasteiger partial charge in [0.1, 0.15) is 5.54 Å². The monoisotopic (exact) mass is 671 g/mol. The van der Waals surface area contributed by atoms with Gasteiger partial charge in [0, 0.05) is 56.7 Å². The SMILES string of the molecule is O=C(CCCC(=O)NCc1ccc(C2OC(CN3CCC4(CC3)C(=O)NCN4c3ccccc3)CC(c3ccc(CO)cc3)O2)cc1)NO. The molecule has 0 aliphatic carbocycles. The number of anilines is 1. The summed E-state index contributed by atoms with van der Waals surface area (Å²) in [6.07, 6.45) is 1.79. The van der Waals surface area contributed by atoms with E-state index >= 15 is 0 Å². The second kappa shape index (κ2) is 15.9. The largest absolute Gasteiger partial charge is 0.392 e. The maximum Gasteiger partial charge on any atom is 0.247 e. The summed E-state index contributed by atoms with van der Waals surface area (Å²) < 4.78 is 13.1. The molecule has 3 fully saturated rings. The number of benzene rings is 3. The number of amides is 3. The molecule has 0 saturated carbocycles. The van der Waals surface area contributed by atoms with Crippen LogP contribution in [0.1, 0.15) is 73.2 Å². The molecule has 3 aliphatic heterocycles. The molecule has 3 aromatic rings. The highest BCUT2D eigenvalue weighted by Gasteiger charge is 2.50. The number of likely N-dealkylation sites (tertiary alicyclic amines) is 1. The van der Waals surface area contributed by atoms with Gasteiger partial charge < -0.3 is 35.0 Å². The van der Waals surface area contributed by atoms with Gasteiger partial charge in [0.05, 0.1) is 25.5 Å². The molecule has 6 rings (SSSR count). The Labute approximate surface area is 286 Å². The molecule has 3 aliphatic rings. The van der Waals surface area contributed by atoms with Gasteiger partial charge >= 0.3 is 0 Å². The lowest BCUT2D eigenvalue weighted by atomic mass is 9.85. The van der Waals surface area contributed by atoms with E-state index in [0.29, 0.717) is 32.6 Å². The van der Waals surface area contributed by atoms with Crippen molar-refractivity contribution in [2.24, 2.45) is 0 Å². The van der Waals surface area contributed by atoms with E-state index in [-0.39, 0.29) is 43.5 Å². The maximum absolute atomic E-state index is 13.2. The summed E-state index contributed by atoms with van der Waals surface area (Å²) in [4.78, 5) is 41.1. The lowest BCUT2D eigenvalue weighted by Gasteiger charge is -2.45. The zero-order chi connectivity index (χ0) is 34.2. The third kappa shape index (κ3) is 8.28. The molecule has 0 radical (unpaired) electrons. The summed E-state index contributed by atoms with van der Waals surface area (Å²) in [6, 6.07) is 25.7. The number of carbonyl (C=O) groups is 3. The number of nitrogens with one attached hydrogen (secondary N) is 3. The average molecular weight is 672 g/mol. The highest BCUT2D eigenvalue weighted by atomic mass is 16.7. The Morgan fingerprint density at radius 2 is 1.55 bits per heavy atom. The van der Waals surface area contributed by atoms with Gasteiger partial charge in [-0.1, -0.05) is 66.7 Å². The smallest absolute Gasteiger partial charge is 0.247 e. The predicted octanol–water partition coefficient (Wildman–Crippen LogP) is 3.44. The Morgan fingerprint density at radius 1 is 0.878 bits per heavy atom. The van der Waals surface area contributed by atoms with Gasteiger partial charge in [-0.15, -0.1) is 0 Å². The highest BCUT2D eigenvalue weighted by molar-refractivity contribution is 5.93. The van der Waals surface area contributed by atoms with Crippen LogP contribution in [0.5, 0.6) is 0 Å². The van der Waals surface area contributed by atoms with Crippen molar-refractivity contribution >= 4 is 23.4 Å². The number of nitrogens with zero attached hydrogens (tertiary/aromatic N) is 2. The standard InChI is InChI=1S/C37H45N5O7/c43-24-27-11-13-28(14-12-27)32-21-31(23-41-19-17-37(18-20-41)36(46)39-25-42(37)30-5-2-1-3-6-30)48-35(49-32)29-15-9-26(10-16-29)22-38-33(44)7-4-8-34(45)40-47/h1-3,5-6,9-16,31-32,35,43,47H,4,7-8,17-25H2,(H,38,44)(H,39,46)(H,40,45). The van der Waals surface area contributed by atoms with Gasteiger partial charge in [-0.25, -0.2) is 5.48 Å². The van der Waals surface area contributed by atoms with E-state index in [1.54, 1.807) is 5.48 Å². The molecule has 0 bridgehead atoms. The average Bonchev–Trinajstić information content (AvgIpc) is 3.46. The van der Waals surface area contributed by atoms with E-state index in [0.717, 1.165) is 53.9 Å². The minimum Gasteiger partial charge on any atom is -0.392 e. The first-order valence-corrected chi connectivity index (χ1v) is 17.0. The first kappa shape index (κ1) is 34.5. The van der Waals surface area contributed by atoms with Crippen LogP contribution in [0.4, 0.5) is 5.69 Å². The van der Waals surface area contributed by atoms with Crippen LogP contribution < -0.4 is 21.0 Å². The van der Waals surface area contributed by atoms with Crippen molar-refractivity contribution in [2.75, 3.05) is 31.2 Å². The van der Waals surface area contributed by atoms with Crippen molar-refractivity contribution in [1.82, 2.24) is 21.0 Å². The lowest BCUT2D eigenvalue weighted by Crippen LogP contribution is -2.57. The number of ether oxygens (including phenoxy) is 2. The molecule has 5 N–H and O–H groups in total.